The molecule has 0 saturated carbocycles. The summed E-state index contributed by atoms with van der Waals surface area (Å²) in [4.78, 5) is 16.2. The Kier molecular flexibility index (Phi) is 7.40. The fourth-order valence-corrected chi connectivity index (χ4v) is 4.24. The quantitative estimate of drug-likeness (QED) is 0.451. The van der Waals surface area contributed by atoms with Gasteiger partial charge in [0.2, 0.25) is 0 Å². The molecule has 0 unspecified atom stereocenters. The number of hydrogen-bond donors (Lipinski definition) is 2. The number of anilines is 1. The van der Waals surface area contributed by atoms with Gasteiger partial charge in [0, 0.05) is 12.6 Å². The summed E-state index contributed by atoms with van der Waals surface area (Å²) in [5, 5.41) is 2.36. The number of halogens is 4. The second-order valence-electron chi connectivity index (χ2n) is 6.94. The Labute approximate surface area is 192 Å². The zero-order valence-electron chi connectivity index (χ0n) is 17.7. The molecule has 1 heterocycles. The highest BCUT2D eigenvalue weighted by Crippen LogP contribution is 2.32. The van der Waals surface area contributed by atoms with Gasteiger partial charge in [-0.25, -0.2) is 12.8 Å². The van der Waals surface area contributed by atoms with Gasteiger partial charge in [0.1, 0.15) is 16.5 Å². The highest BCUT2D eigenvalue weighted by Gasteiger charge is 2.34. The molecule has 0 aliphatic carbocycles. The fraction of sp³-hybridized carbons (Fsp3) is 0.182. The minimum Gasteiger partial charge on any atom is -0.492 e. The Morgan fingerprint density at radius 2 is 1.82 bits per heavy atom. The van der Waals surface area contributed by atoms with Gasteiger partial charge in [0.15, 0.2) is 0 Å². The first-order valence-electron chi connectivity index (χ1n) is 9.85. The lowest BCUT2D eigenvalue weighted by Crippen LogP contribution is -2.26. The molecule has 0 fully saturated rings. The van der Waals surface area contributed by atoms with Crippen LogP contribution in [-0.2, 0) is 22.7 Å². The van der Waals surface area contributed by atoms with E-state index in [0.717, 1.165) is 6.07 Å². The first-order valence-corrected chi connectivity index (χ1v) is 11.3. The number of nitrogens with one attached hydrogen (secondary N) is 2. The molecule has 0 atom stereocenters. The molecule has 0 saturated heterocycles. The molecule has 3 rings (SSSR count). The molecule has 3 aromatic rings. The maximum Gasteiger partial charge on any atom is 0.419 e. The molecule has 180 valence electrons. The molecule has 34 heavy (non-hydrogen) atoms. The summed E-state index contributed by atoms with van der Waals surface area (Å²) < 4.78 is 85.7. The lowest BCUT2D eigenvalue weighted by molar-refractivity contribution is -0.140. The van der Waals surface area contributed by atoms with Crippen LogP contribution in [0.4, 0.5) is 23.2 Å². The van der Waals surface area contributed by atoms with Crippen molar-refractivity contribution in [3.05, 3.63) is 83.4 Å². The number of benzene rings is 2. The van der Waals surface area contributed by atoms with E-state index in [4.69, 9.17) is 4.74 Å². The van der Waals surface area contributed by atoms with E-state index >= 15 is 0 Å². The van der Waals surface area contributed by atoms with Crippen LogP contribution in [0.2, 0.25) is 0 Å². The lowest BCUT2D eigenvalue weighted by Gasteiger charge is -2.14. The number of aromatic nitrogens is 1. The molecular formula is C22H19F4N3O4S. The van der Waals surface area contributed by atoms with E-state index < -0.39 is 33.5 Å². The minimum absolute atomic E-state index is 0.0145. The Morgan fingerprint density at radius 1 is 1.09 bits per heavy atom. The first-order chi connectivity index (χ1) is 16.0. The number of carbonyl (C=O) groups excluding carboxylic acids is 1. The third kappa shape index (κ3) is 6.01. The summed E-state index contributed by atoms with van der Waals surface area (Å²) in [5.74, 6) is -1.95. The number of hydrogen-bond acceptors (Lipinski definition) is 5. The van der Waals surface area contributed by atoms with Crippen LogP contribution < -0.4 is 14.8 Å². The van der Waals surface area contributed by atoms with E-state index in [1.54, 1.807) is 6.92 Å². The largest absolute Gasteiger partial charge is 0.492 e. The number of alkyl halides is 3. The Hall–Kier alpha value is -3.67. The van der Waals surface area contributed by atoms with Crippen LogP contribution in [0.25, 0.3) is 0 Å². The number of nitrogens with zero attached hydrogens (tertiary/aromatic N) is 1. The Morgan fingerprint density at radius 3 is 2.53 bits per heavy atom. The fourth-order valence-electron chi connectivity index (χ4n) is 3.00. The van der Waals surface area contributed by atoms with E-state index in [2.05, 4.69) is 15.0 Å². The van der Waals surface area contributed by atoms with Gasteiger partial charge < -0.3 is 10.1 Å². The molecule has 7 nitrogen and oxygen atoms in total. The van der Waals surface area contributed by atoms with Crippen molar-refractivity contribution >= 4 is 21.6 Å². The van der Waals surface area contributed by atoms with Gasteiger partial charge in [-0.1, -0.05) is 18.2 Å². The average Bonchev–Trinajstić information content (AvgIpc) is 2.78. The number of sulfonamides is 1. The number of ether oxygens (including phenoxy) is 1. The van der Waals surface area contributed by atoms with Crippen molar-refractivity contribution in [1.29, 1.82) is 0 Å². The van der Waals surface area contributed by atoms with E-state index in [9.17, 15) is 30.8 Å². The van der Waals surface area contributed by atoms with Crippen LogP contribution in [-0.4, -0.2) is 25.9 Å². The molecule has 1 amide bonds. The third-order valence-electron chi connectivity index (χ3n) is 4.49. The van der Waals surface area contributed by atoms with Crippen molar-refractivity contribution in [1.82, 2.24) is 10.3 Å². The molecule has 2 aromatic carbocycles. The van der Waals surface area contributed by atoms with Crippen molar-refractivity contribution in [2.75, 3.05) is 11.3 Å². The first kappa shape index (κ1) is 25.0. The summed E-state index contributed by atoms with van der Waals surface area (Å²) in [7, 11) is -4.24. The summed E-state index contributed by atoms with van der Waals surface area (Å²) in [6, 6.07) is 9.05. The number of carbonyl (C=O) groups is 1. The number of amides is 1. The summed E-state index contributed by atoms with van der Waals surface area (Å²) in [6.45, 7) is 1.71. The maximum absolute atomic E-state index is 13.5. The Bertz CT molecular complexity index is 1300. The monoisotopic (exact) mass is 497 g/mol. The second kappa shape index (κ2) is 10.1. The van der Waals surface area contributed by atoms with Gasteiger partial charge in [0.25, 0.3) is 15.9 Å². The van der Waals surface area contributed by atoms with Gasteiger partial charge in [-0.3, -0.25) is 14.5 Å². The van der Waals surface area contributed by atoms with Crippen LogP contribution in [0.15, 0.2) is 65.8 Å². The van der Waals surface area contributed by atoms with Gasteiger partial charge in [-0.05, 0) is 36.8 Å². The smallest absolute Gasteiger partial charge is 0.419 e. The zero-order chi connectivity index (χ0) is 24.9. The van der Waals surface area contributed by atoms with E-state index in [1.165, 1.54) is 42.7 Å². The molecule has 0 bridgehead atoms. The minimum atomic E-state index is -4.90. The maximum atomic E-state index is 13.5. The topological polar surface area (TPSA) is 97.4 Å². The summed E-state index contributed by atoms with van der Waals surface area (Å²) in [6.07, 6.45) is -2.23. The standard InChI is InChI=1S/C22H19F4N3O4S/c1-2-33-16-10-15(12-27-13-16)29-34(31,32)20-6-4-3-5-17(20)21(30)28-11-14-7-8-19(23)18(9-14)22(24,25)26/h3-10,12-13,29H,2,11H2,1H3,(H,28,30). The van der Waals surface area contributed by atoms with E-state index in [1.807, 2.05) is 0 Å². The second-order valence-corrected chi connectivity index (χ2v) is 8.59. The van der Waals surface area contributed by atoms with Crippen molar-refractivity contribution in [2.45, 2.75) is 24.5 Å². The van der Waals surface area contributed by atoms with Crippen molar-refractivity contribution in [2.24, 2.45) is 0 Å². The molecule has 0 radical (unpaired) electrons. The lowest BCUT2D eigenvalue weighted by atomic mass is 10.1. The zero-order valence-corrected chi connectivity index (χ0v) is 18.5. The third-order valence-corrected chi connectivity index (χ3v) is 5.93. The molecule has 0 spiro atoms. The molecule has 0 aliphatic heterocycles. The van der Waals surface area contributed by atoms with Crippen LogP contribution >= 0.6 is 0 Å². The van der Waals surface area contributed by atoms with Crippen molar-refractivity contribution < 1.29 is 35.5 Å². The predicted molar refractivity (Wildman–Crippen MR) is 115 cm³/mol. The molecular weight excluding hydrogens is 478 g/mol. The number of pyridine rings is 1. The van der Waals surface area contributed by atoms with Crippen molar-refractivity contribution in [3.8, 4) is 5.75 Å². The van der Waals surface area contributed by atoms with Gasteiger partial charge in [-0.2, -0.15) is 13.2 Å². The van der Waals surface area contributed by atoms with Crippen LogP contribution in [0, 0.1) is 5.82 Å². The highest BCUT2D eigenvalue weighted by molar-refractivity contribution is 7.92. The normalized spacial score (nSPS) is 11.7. The Balaban J connectivity index is 1.81. The van der Waals surface area contributed by atoms with Crippen LogP contribution in [0.1, 0.15) is 28.4 Å². The van der Waals surface area contributed by atoms with Gasteiger partial charge in [-0.15, -0.1) is 0 Å². The van der Waals surface area contributed by atoms with Crippen molar-refractivity contribution in [3.63, 3.8) is 0 Å². The van der Waals surface area contributed by atoms with E-state index in [-0.39, 0.29) is 28.3 Å². The highest BCUT2D eigenvalue weighted by atomic mass is 32.2. The van der Waals surface area contributed by atoms with Gasteiger partial charge >= 0.3 is 6.18 Å². The van der Waals surface area contributed by atoms with Gasteiger partial charge in [0.05, 0.1) is 35.8 Å². The molecule has 2 N–H and O–H groups in total. The molecule has 12 heteroatoms. The predicted octanol–water partition coefficient (Wildman–Crippen LogP) is 4.37. The summed E-state index contributed by atoms with van der Waals surface area (Å²) in [5.41, 5.74) is -1.61. The molecule has 1 aromatic heterocycles. The van der Waals surface area contributed by atoms with Crippen LogP contribution in [0.3, 0.4) is 0 Å². The molecule has 0 aliphatic rings. The van der Waals surface area contributed by atoms with Crippen LogP contribution in [0.5, 0.6) is 5.75 Å². The van der Waals surface area contributed by atoms with E-state index in [0.29, 0.717) is 24.5 Å². The average molecular weight is 497 g/mol. The number of rotatable bonds is 8. The SMILES string of the molecule is CCOc1cncc(NS(=O)(=O)c2ccccc2C(=O)NCc2ccc(F)c(C(F)(F)F)c2)c1. The summed E-state index contributed by atoms with van der Waals surface area (Å²) >= 11 is 0.